The molecule has 0 spiro atoms. The number of hydrogen-bond acceptors (Lipinski definition) is 3. The average molecular weight is 260 g/mol. The van der Waals surface area contributed by atoms with E-state index >= 15 is 0 Å². The molecule has 102 valence electrons. The maximum atomic E-state index is 12.2. The molecule has 4 heteroatoms. The second-order valence-electron chi connectivity index (χ2n) is 5.39. The van der Waals surface area contributed by atoms with Crippen LogP contribution in [-0.2, 0) is 11.2 Å². The van der Waals surface area contributed by atoms with Gasteiger partial charge in [-0.05, 0) is 43.4 Å². The fourth-order valence-electron chi connectivity index (χ4n) is 2.99. The first-order valence-electron chi connectivity index (χ1n) is 6.96. The molecular weight excluding hydrogens is 240 g/mol. The minimum absolute atomic E-state index is 0.0262. The third-order valence-electron chi connectivity index (χ3n) is 4.13. The van der Waals surface area contributed by atoms with E-state index in [-0.39, 0.29) is 11.9 Å². The molecule has 2 aliphatic rings. The number of anilines is 1. The second-order valence-corrected chi connectivity index (χ2v) is 5.39. The molecule has 1 aromatic rings. The Bertz CT molecular complexity index is 487. The summed E-state index contributed by atoms with van der Waals surface area (Å²) in [6, 6.07) is 6.18. The highest BCUT2D eigenvalue weighted by Crippen LogP contribution is 2.24. The first kappa shape index (κ1) is 12.5. The maximum absolute atomic E-state index is 12.2. The molecule has 19 heavy (non-hydrogen) atoms. The summed E-state index contributed by atoms with van der Waals surface area (Å²) < 4.78 is 5.33. The van der Waals surface area contributed by atoms with Gasteiger partial charge in [-0.1, -0.05) is 6.07 Å². The van der Waals surface area contributed by atoms with Crippen molar-refractivity contribution in [1.82, 2.24) is 5.32 Å². The molecule has 1 aliphatic heterocycles. The number of ether oxygens (including phenoxy) is 1. The number of fused-ring (bicyclic) bond motifs is 1. The van der Waals surface area contributed by atoms with Gasteiger partial charge in [0.05, 0.1) is 6.10 Å². The van der Waals surface area contributed by atoms with Crippen LogP contribution in [0.25, 0.3) is 0 Å². The van der Waals surface area contributed by atoms with Gasteiger partial charge in [0.25, 0.3) is 5.91 Å². The third kappa shape index (κ3) is 2.59. The lowest BCUT2D eigenvalue weighted by molar-refractivity contribution is 0.0915. The predicted octanol–water partition coefficient (Wildman–Crippen LogP) is 1.95. The van der Waals surface area contributed by atoms with Gasteiger partial charge in [-0.15, -0.1) is 0 Å². The van der Waals surface area contributed by atoms with E-state index in [0.29, 0.717) is 6.10 Å². The highest BCUT2D eigenvalue weighted by molar-refractivity contribution is 5.95. The molecule has 1 aromatic carbocycles. The van der Waals surface area contributed by atoms with Crippen molar-refractivity contribution in [2.24, 2.45) is 0 Å². The first-order chi connectivity index (χ1) is 9.26. The van der Waals surface area contributed by atoms with Crippen LogP contribution in [0.1, 0.15) is 35.2 Å². The minimum Gasteiger partial charge on any atom is -0.384 e. The fraction of sp³-hybridized carbons (Fsp3) is 0.533. The highest BCUT2D eigenvalue weighted by Gasteiger charge is 2.26. The van der Waals surface area contributed by atoms with Crippen LogP contribution < -0.4 is 10.6 Å². The van der Waals surface area contributed by atoms with E-state index in [4.69, 9.17) is 4.74 Å². The van der Waals surface area contributed by atoms with Crippen LogP contribution in [0.2, 0.25) is 0 Å². The minimum atomic E-state index is 0.0262. The Morgan fingerprint density at radius 1 is 1.42 bits per heavy atom. The zero-order valence-electron chi connectivity index (χ0n) is 11.2. The lowest BCUT2D eigenvalue weighted by atomic mass is 10.1. The quantitative estimate of drug-likeness (QED) is 0.873. The van der Waals surface area contributed by atoms with Gasteiger partial charge in [-0.25, -0.2) is 0 Å². The Morgan fingerprint density at radius 2 is 2.32 bits per heavy atom. The number of hydrogen-bond donors (Lipinski definition) is 2. The van der Waals surface area contributed by atoms with E-state index in [1.165, 1.54) is 5.56 Å². The molecule has 1 saturated carbocycles. The zero-order valence-corrected chi connectivity index (χ0v) is 11.2. The molecule has 2 N–H and O–H groups in total. The van der Waals surface area contributed by atoms with Gasteiger partial charge in [0.2, 0.25) is 0 Å². The SMILES string of the molecule is COC1CCC(NC(=O)c2ccc3c(c2)NCC3)C1. The number of nitrogens with one attached hydrogen (secondary N) is 2. The monoisotopic (exact) mass is 260 g/mol. The molecule has 0 aromatic heterocycles. The molecule has 1 aliphatic carbocycles. The van der Waals surface area contributed by atoms with E-state index in [1.807, 2.05) is 12.1 Å². The highest BCUT2D eigenvalue weighted by atomic mass is 16.5. The van der Waals surface area contributed by atoms with Crippen LogP contribution in [0.4, 0.5) is 5.69 Å². The van der Waals surface area contributed by atoms with Crippen LogP contribution in [-0.4, -0.2) is 31.7 Å². The lowest BCUT2D eigenvalue weighted by Crippen LogP contribution is -2.33. The van der Waals surface area contributed by atoms with Crippen LogP contribution in [0, 0.1) is 0 Å². The summed E-state index contributed by atoms with van der Waals surface area (Å²) in [5.41, 5.74) is 3.15. The van der Waals surface area contributed by atoms with Gasteiger partial charge in [0, 0.05) is 30.9 Å². The van der Waals surface area contributed by atoms with Crippen molar-refractivity contribution in [2.45, 2.75) is 37.8 Å². The number of carbonyl (C=O) groups excluding carboxylic acids is 1. The predicted molar refractivity (Wildman–Crippen MR) is 74.5 cm³/mol. The second kappa shape index (κ2) is 5.21. The molecule has 0 saturated heterocycles. The van der Waals surface area contributed by atoms with Crippen LogP contribution in [0.15, 0.2) is 18.2 Å². The largest absolute Gasteiger partial charge is 0.384 e. The maximum Gasteiger partial charge on any atom is 0.251 e. The summed E-state index contributed by atoms with van der Waals surface area (Å²) in [7, 11) is 1.74. The topological polar surface area (TPSA) is 50.4 Å². The summed E-state index contributed by atoms with van der Waals surface area (Å²) in [6.07, 6.45) is 4.31. The van der Waals surface area contributed by atoms with Crippen LogP contribution >= 0.6 is 0 Å². The molecule has 2 atom stereocenters. The zero-order chi connectivity index (χ0) is 13.2. The summed E-state index contributed by atoms with van der Waals surface area (Å²) in [4.78, 5) is 12.2. The van der Waals surface area contributed by atoms with E-state index < -0.39 is 0 Å². The van der Waals surface area contributed by atoms with E-state index in [0.717, 1.165) is 43.5 Å². The average Bonchev–Trinajstić information content (AvgIpc) is 3.05. The summed E-state index contributed by atoms with van der Waals surface area (Å²) in [6.45, 7) is 0.971. The Kier molecular flexibility index (Phi) is 3.42. The molecule has 1 amide bonds. The van der Waals surface area contributed by atoms with Gasteiger partial charge in [0.1, 0.15) is 0 Å². The molecule has 2 unspecified atom stereocenters. The molecule has 0 radical (unpaired) electrons. The number of amides is 1. The van der Waals surface area contributed by atoms with Gasteiger partial charge in [-0.3, -0.25) is 4.79 Å². The van der Waals surface area contributed by atoms with Crippen molar-refractivity contribution in [3.05, 3.63) is 29.3 Å². The van der Waals surface area contributed by atoms with E-state index in [1.54, 1.807) is 7.11 Å². The van der Waals surface area contributed by atoms with Crippen LogP contribution in [0.5, 0.6) is 0 Å². The number of benzene rings is 1. The number of rotatable bonds is 3. The van der Waals surface area contributed by atoms with Crippen LogP contribution in [0.3, 0.4) is 0 Å². The Morgan fingerprint density at radius 3 is 3.11 bits per heavy atom. The van der Waals surface area contributed by atoms with Gasteiger partial charge >= 0.3 is 0 Å². The normalized spacial score (nSPS) is 24.9. The van der Waals surface area contributed by atoms with Gasteiger partial charge < -0.3 is 15.4 Å². The number of methoxy groups -OCH3 is 1. The molecule has 3 rings (SSSR count). The summed E-state index contributed by atoms with van der Waals surface area (Å²) in [5, 5.41) is 6.41. The standard InChI is InChI=1S/C15H20N2O2/c1-19-13-5-4-12(9-13)17-15(18)11-3-2-10-6-7-16-14(10)8-11/h2-3,8,12-13,16H,4-7,9H2,1H3,(H,17,18). The van der Waals surface area contributed by atoms with Crippen molar-refractivity contribution < 1.29 is 9.53 Å². The fourth-order valence-corrected chi connectivity index (χ4v) is 2.99. The summed E-state index contributed by atoms with van der Waals surface area (Å²) >= 11 is 0. The van der Waals surface area contributed by atoms with E-state index in [2.05, 4.69) is 16.7 Å². The van der Waals surface area contributed by atoms with Gasteiger partial charge in [0.15, 0.2) is 0 Å². The molecule has 4 nitrogen and oxygen atoms in total. The number of carbonyl (C=O) groups is 1. The molecule has 1 fully saturated rings. The molecule has 0 bridgehead atoms. The lowest BCUT2D eigenvalue weighted by Gasteiger charge is -2.13. The Labute approximate surface area is 113 Å². The van der Waals surface area contributed by atoms with Crippen molar-refractivity contribution in [2.75, 3.05) is 19.0 Å². The van der Waals surface area contributed by atoms with Gasteiger partial charge in [-0.2, -0.15) is 0 Å². The van der Waals surface area contributed by atoms with Crippen molar-refractivity contribution in [3.63, 3.8) is 0 Å². The van der Waals surface area contributed by atoms with Crippen molar-refractivity contribution in [3.8, 4) is 0 Å². The van der Waals surface area contributed by atoms with E-state index in [9.17, 15) is 4.79 Å². The van der Waals surface area contributed by atoms with Crippen molar-refractivity contribution in [1.29, 1.82) is 0 Å². The summed E-state index contributed by atoms with van der Waals surface area (Å²) in [5.74, 6) is 0.0262. The smallest absolute Gasteiger partial charge is 0.251 e. The Hall–Kier alpha value is -1.55. The van der Waals surface area contributed by atoms with Crippen molar-refractivity contribution >= 4 is 11.6 Å². The molecule has 1 heterocycles. The molecular formula is C15H20N2O2. The first-order valence-corrected chi connectivity index (χ1v) is 6.96. The third-order valence-corrected chi connectivity index (χ3v) is 4.13. The Balaban J connectivity index is 1.64.